The van der Waals surface area contributed by atoms with Crippen LogP contribution in [0.3, 0.4) is 0 Å². The molecule has 106 valence electrons. The molecule has 3 heteroatoms. The van der Waals surface area contributed by atoms with Gasteiger partial charge in [-0.1, -0.05) is 32.0 Å². The van der Waals surface area contributed by atoms with Crippen LogP contribution in [0.15, 0.2) is 24.3 Å². The molecule has 0 bridgehead atoms. The number of anilines is 1. The zero-order valence-corrected chi connectivity index (χ0v) is 12.5. The molecule has 2 N–H and O–H groups in total. The van der Waals surface area contributed by atoms with Crippen LogP contribution < -0.4 is 10.6 Å². The lowest BCUT2D eigenvalue weighted by Crippen LogP contribution is -2.34. The number of carbonyl (C=O) groups excluding carboxylic acids is 1. The van der Waals surface area contributed by atoms with Crippen molar-refractivity contribution < 1.29 is 4.79 Å². The molecule has 0 radical (unpaired) electrons. The van der Waals surface area contributed by atoms with Gasteiger partial charge in [0.05, 0.1) is 6.54 Å². The molecule has 0 aliphatic heterocycles. The van der Waals surface area contributed by atoms with Crippen molar-refractivity contribution in [1.29, 1.82) is 0 Å². The highest BCUT2D eigenvalue weighted by Crippen LogP contribution is 2.12. The van der Waals surface area contributed by atoms with Crippen molar-refractivity contribution in [2.24, 2.45) is 5.92 Å². The van der Waals surface area contributed by atoms with Gasteiger partial charge in [-0.15, -0.1) is 0 Å². The maximum absolute atomic E-state index is 11.8. The maximum atomic E-state index is 11.8. The Labute approximate surface area is 116 Å². The quantitative estimate of drug-likeness (QED) is 0.791. The van der Waals surface area contributed by atoms with Crippen LogP contribution in [0.4, 0.5) is 5.69 Å². The minimum Gasteiger partial charge on any atom is -0.325 e. The molecule has 0 fully saturated rings. The summed E-state index contributed by atoms with van der Waals surface area (Å²) in [4.78, 5) is 11.8. The molecule has 1 rings (SSSR count). The van der Waals surface area contributed by atoms with Crippen LogP contribution in [0.1, 0.15) is 39.2 Å². The molecule has 3 nitrogen and oxygen atoms in total. The van der Waals surface area contributed by atoms with Crippen LogP contribution in [0, 0.1) is 12.8 Å². The molecule has 1 atom stereocenters. The van der Waals surface area contributed by atoms with Gasteiger partial charge in [-0.05, 0) is 44.2 Å². The highest BCUT2D eigenvalue weighted by Gasteiger charge is 2.07. The monoisotopic (exact) mass is 262 g/mol. The lowest BCUT2D eigenvalue weighted by atomic mass is 10.0. The van der Waals surface area contributed by atoms with Crippen LogP contribution in [-0.2, 0) is 4.79 Å². The fraction of sp³-hybridized carbons (Fsp3) is 0.562. The number of rotatable bonds is 7. The summed E-state index contributed by atoms with van der Waals surface area (Å²) in [7, 11) is 0. The number of nitrogens with one attached hydrogen (secondary N) is 2. The van der Waals surface area contributed by atoms with Crippen molar-refractivity contribution in [3.63, 3.8) is 0 Å². The maximum Gasteiger partial charge on any atom is 0.238 e. The normalized spacial score (nSPS) is 12.5. The van der Waals surface area contributed by atoms with Crippen LogP contribution in [-0.4, -0.2) is 18.5 Å². The van der Waals surface area contributed by atoms with E-state index < -0.39 is 0 Å². The van der Waals surface area contributed by atoms with Crippen LogP contribution in [0.2, 0.25) is 0 Å². The average molecular weight is 262 g/mol. The molecule has 0 aliphatic rings. The minimum absolute atomic E-state index is 0.0192. The third-order valence-electron chi connectivity index (χ3n) is 3.21. The Bertz CT molecular complexity index is 401. The Kier molecular flexibility index (Phi) is 6.57. The van der Waals surface area contributed by atoms with Crippen LogP contribution >= 0.6 is 0 Å². The molecule has 0 aliphatic carbocycles. The lowest BCUT2D eigenvalue weighted by Gasteiger charge is -2.15. The summed E-state index contributed by atoms with van der Waals surface area (Å²) < 4.78 is 0. The van der Waals surface area contributed by atoms with Gasteiger partial charge in [-0.3, -0.25) is 4.79 Å². The van der Waals surface area contributed by atoms with E-state index in [2.05, 4.69) is 31.4 Å². The van der Waals surface area contributed by atoms with E-state index in [9.17, 15) is 4.79 Å². The van der Waals surface area contributed by atoms with Crippen molar-refractivity contribution in [2.75, 3.05) is 11.9 Å². The van der Waals surface area contributed by atoms with Crippen molar-refractivity contribution in [1.82, 2.24) is 5.32 Å². The van der Waals surface area contributed by atoms with Crippen LogP contribution in [0.5, 0.6) is 0 Å². The topological polar surface area (TPSA) is 41.1 Å². The van der Waals surface area contributed by atoms with Crippen molar-refractivity contribution >= 4 is 11.6 Å². The fourth-order valence-electron chi connectivity index (χ4n) is 1.86. The SMILES string of the molecule is Cc1ccccc1NC(=O)CNC(C)CCC(C)C. The molecule has 1 aromatic rings. The van der Waals surface area contributed by atoms with Gasteiger partial charge in [0.15, 0.2) is 0 Å². The summed E-state index contributed by atoms with van der Waals surface area (Å²) in [6.45, 7) is 8.93. The zero-order chi connectivity index (χ0) is 14.3. The number of hydrogen-bond donors (Lipinski definition) is 2. The molecule has 0 aromatic heterocycles. The first-order chi connectivity index (χ1) is 8.99. The van der Waals surface area contributed by atoms with E-state index in [1.165, 1.54) is 6.42 Å². The molecule has 19 heavy (non-hydrogen) atoms. The van der Waals surface area contributed by atoms with Crippen LogP contribution in [0.25, 0.3) is 0 Å². The van der Waals surface area contributed by atoms with Gasteiger partial charge in [0.25, 0.3) is 0 Å². The summed E-state index contributed by atoms with van der Waals surface area (Å²) in [6.07, 6.45) is 2.29. The molecule has 1 amide bonds. The first kappa shape index (κ1) is 15.7. The third kappa shape index (κ3) is 6.39. The van der Waals surface area contributed by atoms with E-state index in [1.807, 2.05) is 31.2 Å². The molecule has 0 heterocycles. The molecule has 0 saturated carbocycles. The van der Waals surface area contributed by atoms with Gasteiger partial charge in [-0.25, -0.2) is 0 Å². The number of amides is 1. The Morgan fingerprint density at radius 2 is 1.84 bits per heavy atom. The third-order valence-corrected chi connectivity index (χ3v) is 3.21. The van der Waals surface area contributed by atoms with E-state index in [0.29, 0.717) is 18.5 Å². The van der Waals surface area contributed by atoms with Gasteiger partial charge in [0.1, 0.15) is 0 Å². The first-order valence-corrected chi connectivity index (χ1v) is 7.08. The Morgan fingerprint density at radius 3 is 2.47 bits per heavy atom. The molecule has 1 aromatic carbocycles. The number of aryl methyl sites for hydroxylation is 1. The van der Waals surface area contributed by atoms with Crippen molar-refractivity contribution in [2.45, 2.75) is 46.6 Å². The standard InChI is InChI=1S/C16H26N2O/c1-12(2)9-10-14(4)17-11-16(19)18-15-8-6-5-7-13(15)3/h5-8,12,14,17H,9-11H2,1-4H3,(H,18,19). The molecule has 1 unspecified atom stereocenters. The summed E-state index contributed by atoms with van der Waals surface area (Å²) >= 11 is 0. The highest BCUT2D eigenvalue weighted by molar-refractivity contribution is 5.92. The second-order valence-electron chi connectivity index (χ2n) is 5.62. The van der Waals surface area contributed by atoms with Gasteiger partial charge in [-0.2, -0.15) is 0 Å². The lowest BCUT2D eigenvalue weighted by molar-refractivity contribution is -0.115. The van der Waals surface area contributed by atoms with E-state index in [4.69, 9.17) is 0 Å². The number of carbonyl (C=O) groups is 1. The largest absolute Gasteiger partial charge is 0.325 e. The highest BCUT2D eigenvalue weighted by atomic mass is 16.1. The number of hydrogen-bond acceptors (Lipinski definition) is 2. The zero-order valence-electron chi connectivity index (χ0n) is 12.5. The smallest absolute Gasteiger partial charge is 0.238 e. The Morgan fingerprint density at radius 1 is 1.16 bits per heavy atom. The van der Waals surface area contributed by atoms with E-state index in [1.54, 1.807) is 0 Å². The molecular weight excluding hydrogens is 236 g/mol. The number of para-hydroxylation sites is 1. The van der Waals surface area contributed by atoms with Crippen molar-refractivity contribution in [3.05, 3.63) is 29.8 Å². The second kappa shape index (κ2) is 7.95. The van der Waals surface area contributed by atoms with E-state index in [-0.39, 0.29) is 5.91 Å². The molecule has 0 spiro atoms. The number of benzene rings is 1. The summed E-state index contributed by atoms with van der Waals surface area (Å²) in [5.74, 6) is 0.732. The molecular formula is C16H26N2O. The predicted octanol–water partition coefficient (Wildman–Crippen LogP) is 3.35. The predicted molar refractivity (Wildman–Crippen MR) is 81.3 cm³/mol. The van der Waals surface area contributed by atoms with Gasteiger partial charge in [0.2, 0.25) is 5.91 Å². The van der Waals surface area contributed by atoms with Gasteiger partial charge >= 0.3 is 0 Å². The minimum atomic E-state index is 0.0192. The van der Waals surface area contributed by atoms with Gasteiger partial charge in [0, 0.05) is 11.7 Å². The van der Waals surface area contributed by atoms with E-state index in [0.717, 1.165) is 17.7 Å². The summed E-state index contributed by atoms with van der Waals surface area (Å²) in [6, 6.07) is 8.20. The van der Waals surface area contributed by atoms with Crippen molar-refractivity contribution in [3.8, 4) is 0 Å². The summed E-state index contributed by atoms with van der Waals surface area (Å²) in [5.41, 5.74) is 1.98. The first-order valence-electron chi connectivity index (χ1n) is 7.08. The summed E-state index contributed by atoms with van der Waals surface area (Å²) in [5, 5.41) is 6.19. The average Bonchev–Trinajstić information content (AvgIpc) is 2.36. The second-order valence-corrected chi connectivity index (χ2v) is 5.62. The Hall–Kier alpha value is -1.35. The van der Waals surface area contributed by atoms with E-state index >= 15 is 0 Å². The Balaban J connectivity index is 2.30. The molecule has 0 saturated heterocycles. The fourth-order valence-corrected chi connectivity index (χ4v) is 1.86. The van der Waals surface area contributed by atoms with Gasteiger partial charge < -0.3 is 10.6 Å².